The zero-order valence-corrected chi connectivity index (χ0v) is 9.21. The average Bonchev–Trinajstić information content (AvgIpc) is 2.01. The first-order valence-electron chi connectivity index (χ1n) is 5.34. The number of aliphatic hydroxyl groups excluding tert-OH is 1. The summed E-state index contributed by atoms with van der Waals surface area (Å²) in [5.41, 5.74) is 0.386. The molecule has 1 fully saturated rings. The molecule has 2 nitrogen and oxygen atoms in total. The van der Waals surface area contributed by atoms with Gasteiger partial charge in [-0.25, -0.2) is 0 Å². The van der Waals surface area contributed by atoms with Gasteiger partial charge in [0.1, 0.15) is 0 Å². The third-order valence-corrected chi connectivity index (χ3v) is 2.56. The molecular formula is C11H23NO. The van der Waals surface area contributed by atoms with E-state index in [0.29, 0.717) is 17.9 Å². The molecule has 0 aliphatic carbocycles. The molecule has 0 aromatic heterocycles. The van der Waals surface area contributed by atoms with E-state index in [0.717, 1.165) is 13.1 Å². The Bertz CT molecular complexity index is 151. The molecule has 0 aromatic rings. The minimum Gasteiger partial charge on any atom is -0.396 e. The highest BCUT2D eigenvalue weighted by Gasteiger charge is 2.22. The van der Waals surface area contributed by atoms with Gasteiger partial charge in [0.25, 0.3) is 0 Å². The van der Waals surface area contributed by atoms with Crippen LogP contribution in [0.4, 0.5) is 0 Å². The minimum absolute atomic E-state index is 0.362. The van der Waals surface area contributed by atoms with Crippen LogP contribution in [-0.2, 0) is 0 Å². The summed E-state index contributed by atoms with van der Waals surface area (Å²) in [5, 5.41) is 9.08. The highest BCUT2D eigenvalue weighted by atomic mass is 16.3. The Morgan fingerprint density at radius 2 is 2.08 bits per heavy atom. The summed E-state index contributed by atoms with van der Waals surface area (Å²) in [5.74, 6) is 0.524. The maximum Gasteiger partial charge on any atom is 0.0471 e. The van der Waals surface area contributed by atoms with Gasteiger partial charge in [0.05, 0.1) is 0 Å². The summed E-state index contributed by atoms with van der Waals surface area (Å²) in [7, 11) is 0. The summed E-state index contributed by atoms with van der Waals surface area (Å²) in [6.45, 7) is 10.6. The lowest BCUT2D eigenvalue weighted by Crippen LogP contribution is -2.41. The Kier molecular flexibility index (Phi) is 3.74. The van der Waals surface area contributed by atoms with E-state index >= 15 is 0 Å². The second-order valence-electron chi connectivity index (χ2n) is 5.49. The van der Waals surface area contributed by atoms with Crippen molar-refractivity contribution in [3.8, 4) is 0 Å². The third-order valence-electron chi connectivity index (χ3n) is 2.56. The second-order valence-corrected chi connectivity index (χ2v) is 5.49. The number of rotatable bonds is 2. The lowest BCUT2D eigenvalue weighted by molar-refractivity contribution is 0.0943. The van der Waals surface area contributed by atoms with E-state index in [-0.39, 0.29) is 0 Å². The Hall–Kier alpha value is -0.0800. The number of aliphatic hydroxyl groups is 1. The van der Waals surface area contributed by atoms with Crippen molar-refractivity contribution >= 4 is 0 Å². The minimum atomic E-state index is 0.362. The fourth-order valence-electron chi connectivity index (χ4n) is 2.11. The Labute approximate surface area is 81.9 Å². The molecule has 0 unspecified atom stereocenters. The monoisotopic (exact) mass is 185 g/mol. The van der Waals surface area contributed by atoms with Crippen LogP contribution in [0.5, 0.6) is 0 Å². The van der Waals surface area contributed by atoms with Crippen molar-refractivity contribution in [3.05, 3.63) is 0 Å². The molecule has 1 aliphatic rings. The Balaban J connectivity index is 2.34. The van der Waals surface area contributed by atoms with Gasteiger partial charge in [-0.3, -0.25) is 0 Å². The van der Waals surface area contributed by atoms with Crippen LogP contribution in [-0.4, -0.2) is 36.2 Å². The van der Waals surface area contributed by atoms with Crippen molar-refractivity contribution in [2.75, 3.05) is 26.2 Å². The standard InChI is InChI=1S/C11H23NO/c1-11(2,3)9-12-6-4-5-10(7-12)8-13/h10,13H,4-9H2,1-3H3/t10-/m1/s1. The normalized spacial score (nSPS) is 26.3. The molecule has 0 saturated carbocycles. The summed E-state index contributed by atoms with van der Waals surface area (Å²) in [4.78, 5) is 2.49. The quantitative estimate of drug-likeness (QED) is 0.708. The maximum atomic E-state index is 9.08. The molecule has 1 aliphatic heterocycles. The lowest BCUT2D eigenvalue weighted by atomic mass is 9.92. The maximum absolute atomic E-state index is 9.08. The molecule has 0 radical (unpaired) electrons. The fourth-order valence-corrected chi connectivity index (χ4v) is 2.11. The molecule has 1 N–H and O–H groups in total. The first-order valence-corrected chi connectivity index (χ1v) is 5.34. The molecular weight excluding hydrogens is 162 g/mol. The van der Waals surface area contributed by atoms with Gasteiger partial charge in [-0.15, -0.1) is 0 Å². The van der Waals surface area contributed by atoms with Crippen molar-refractivity contribution in [3.63, 3.8) is 0 Å². The SMILES string of the molecule is CC(C)(C)CN1CCC[C@@H](CO)C1. The molecule has 13 heavy (non-hydrogen) atoms. The fraction of sp³-hybridized carbons (Fsp3) is 1.00. The summed E-state index contributed by atoms with van der Waals surface area (Å²) in [6.07, 6.45) is 2.46. The van der Waals surface area contributed by atoms with Gasteiger partial charge >= 0.3 is 0 Å². The van der Waals surface area contributed by atoms with Gasteiger partial charge in [0.15, 0.2) is 0 Å². The third kappa shape index (κ3) is 4.10. The van der Waals surface area contributed by atoms with E-state index in [1.807, 2.05) is 0 Å². The molecule has 0 aromatic carbocycles. The number of hydrogen-bond donors (Lipinski definition) is 1. The number of likely N-dealkylation sites (tertiary alicyclic amines) is 1. The van der Waals surface area contributed by atoms with E-state index in [2.05, 4.69) is 25.7 Å². The predicted octanol–water partition coefficient (Wildman–Crippen LogP) is 1.74. The smallest absolute Gasteiger partial charge is 0.0471 e. The highest BCUT2D eigenvalue weighted by Crippen LogP contribution is 2.21. The molecule has 0 bridgehead atoms. The first kappa shape index (κ1) is 11.0. The Morgan fingerprint density at radius 3 is 2.62 bits per heavy atom. The average molecular weight is 185 g/mol. The lowest BCUT2D eigenvalue weighted by Gasteiger charge is -2.36. The van der Waals surface area contributed by atoms with E-state index in [9.17, 15) is 0 Å². The molecule has 78 valence electrons. The van der Waals surface area contributed by atoms with E-state index in [4.69, 9.17) is 5.11 Å². The van der Waals surface area contributed by atoms with Crippen LogP contribution in [0, 0.1) is 11.3 Å². The van der Waals surface area contributed by atoms with Gasteiger partial charge in [-0.05, 0) is 30.7 Å². The molecule has 1 atom stereocenters. The van der Waals surface area contributed by atoms with Gasteiger partial charge in [0.2, 0.25) is 0 Å². The molecule has 0 spiro atoms. The molecule has 1 heterocycles. The highest BCUT2D eigenvalue weighted by molar-refractivity contribution is 4.76. The van der Waals surface area contributed by atoms with Crippen LogP contribution in [0.25, 0.3) is 0 Å². The molecule has 2 heteroatoms. The molecule has 0 amide bonds. The predicted molar refractivity (Wildman–Crippen MR) is 55.7 cm³/mol. The van der Waals surface area contributed by atoms with Gasteiger partial charge in [0, 0.05) is 19.7 Å². The number of hydrogen-bond acceptors (Lipinski definition) is 2. The van der Waals surface area contributed by atoms with Crippen LogP contribution >= 0.6 is 0 Å². The van der Waals surface area contributed by atoms with E-state index in [1.165, 1.54) is 19.4 Å². The zero-order valence-electron chi connectivity index (χ0n) is 9.21. The van der Waals surface area contributed by atoms with Crippen molar-refractivity contribution in [1.29, 1.82) is 0 Å². The summed E-state index contributed by atoms with van der Waals surface area (Å²) >= 11 is 0. The topological polar surface area (TPSA) is 23.5 Å². The summed E-state index contributed by atoms with van der Waals surface area (Å²) < 4.78 is 0. The van der Waals surface area contributed by atoms with Gasteiger partial charge in [-0.1, -0.05) is 20.8 Å². The first-order chi connectivity index (χ1) is 6.01. The van der Waals surface area contributed by atoms with Crippen LogP contribution < -0.4 is 0 Å². The second kappa shape index (κ2) is 4.43. The van der Waals surface area contributed by atoms with Crippen molar-refractivity contribution in [2.45, 2.75) is 33.6 Å². The van der Waals surface area contributed by atoms with Crippen LogP contribution in [0.1, 0.15) is 33.6 Å². The van der Waals surface area contributed by atoms with Crippen molar-refractivity contribution in [2.24, 2.45) is 11.3 Å². The van der Waals surface area contributed by atoms with Crippen LogP contribution in [0.2, 0.25) is 0 Å². The molecule has 1 rings (SSSR count). The largest absolute Gasteiger partial charge is 0.396 e. The summed E-state index contributed by atoms with van der Waals surface area (Å²) in [6, 6.07) is 0. The van der Waals surface area contributed by atoms with Gasteiger partial charge < -0.3 is 10.0 Å². The Morgan fingerprint density at radius 1 is 1.38 bits per heavy atom. The molecule has 1 saturated heterocycles. The van der Waals surface area contributed by atoms with Crippen LogP contribution in [0.15, 0.2) is 0 Å². The van der Waals surface area contributed by atoms with Crippen LogP contribution in [0.3, 0.4) is 0 Å². The van der Waals surface area contributed by atoms with E-state index < -0.39 is 0 Å². The van der Waals surface area contributed by atoms with Crippen molar-refractivity contribution < 1.29 is 5.11 Å². The van der Waals surface area contributed by atoms with Gasteiger partial charge in [-0.2, -0.15) is 0 Å². The van der Waals surface area contributed by atoms with E-state index in [1.54, 1.807) is 0 Å². The van der Waals surface area contributed by atoms with Crippen molar-refractivity contribution in [1.82, 2.24) is 4.90 Å². The number of nitrogens with zero attached hydrogens (tertiary/aromatic N) is 1. The zero-order chi connectivity index (χ0) is 9.90. The number of piperidine rings is 1.